The first-order valence-corrected chi connectivity index (χ1v) is 6.28. The molecule has 0 heterocycles. The minimum absolute atomic E-state index is 0.00366. The minimum atomic E-state index is -2.49. The van der Waals surface area contributed by atoms with Gasteiger partial charge in [-0.1, -0.05) is 18.2 Å². The number of rotatable bonds is 4. The van der Waals surface area contributed by atoms with E-state index in [0.717, 1.165) is 11.3 Å². The molecule has 0 radical (unpaired) electrons. The number of hydrogen-bond donors (Lipinski definition) is 1. The van der Waals surface area contributed by atoms with Crippen LogP contribution in [0, 0.1) is 5.92 Å². The van der Waals surface area contributed by atoms with Crippen LogP contribution in [0.3, 0.4) is 0 Å². The van der Waals surface area contributed by atoms with Crippen molar-refractivity contribution in [2.75, 3.05) is 7.11 Å². The molecule has 2 atom stereocenters. The van der Waals surface area contributed by atoms with Crippen molar-refractivity contribution in [1.29, 1.82) is 0 Å². The van der Waals surface area contributed by atoms with Crippen LogP contribution >= 0.6 is 0 Å². The number of alkyl halides is 2. The van der Waals surface area contributed by atoms with E-state index in [1.54, 1.807) is 7.11 Å². The molecule has 2 nitrogen and oxygen atoms in total. The highest BCUT2D eigenvalue weighted by molar-refractivity contribution is 5.35. The Hall–Kier alpha value is -1.16. The molecule has 1 aromatic rings. The Morgan fingerprint density at radius 1 is 1.44 bits per heavy atom. The SMILES string of the molecule is COc1ccccc1C(N)CC1CCC(F)(F)C1. The van der Waals surface area contributed by atoms with E-state index < -0.39 is 5.92 Å². The number of methoxy groups -OCH3 is 1. The van der Waals surface area contributed by atoms with Gasteiger partial charge in [0.25, 0.3) is 0 Å². The molecular formula is C14H19F2NO. The van der Waals surface area contributed by atoms with Gasteiger partial charge in [0.1, 0.15) is 5.75 Å². The lowest BCUT2D eigenvalue weighted by Gasteiger charge is -2.19. The lowest BCUT2D eigenvalue weighted by atomic mass is 9.93. The summed E-state index contributed by atoms with van der Waals surface area (Å²) in [5, 5.41) is 0. The Bertz CT molecular complexity index is 409. The van der Waals surface area contributed by atoms with Crippen LogP contribution in [0.4, 0.5) is 8.78 Å². The van der Waals surface area contributed by atoms with Crippen LogP contribution in [-0.4, -0.2) is 13.0 Å². The average Bonchev–Trinajstić information content (AvgIpc) is 2.68. The first-order chi connectivity index (χ1) is 8.52. The molecule has 0 saturated heterocycles. The second-order valence-corrected chi connectivity index (χ2v) is 5.05. The third-order valence-corrected chi connectivity index (χ3v) is 3.63. The van der Waals surface area contributed by atoms with Crippen molar-refractivity contribution in [3.8, 4) is 5.75 Å². The van der Waals surface area contributed by atoms with Gasteiger partial charge in [0.2, 0.25) is 5.92 Å². The maximum Gasteiger partial charge on any atom is 0.248 e. The number of ether oxygens (including phenoxy) is 1. The molecule has 2 unspecified atom stereocenters. The fraction of sp³-hybridized carbons (Fsp3) is 0.571. The third-order valence-electron chi connectivity index (χ3n) is 3.63. The summed E-state index contributed by atoms with van der Waals surface area (Å²) in [7, 11) is 1.59. The molecule has 1 saturated carbocycles. The van der Waals surface area contributed by atoms with E-state index in [9.17, 15) is 8.78 Å². The molecule has 0 aromatic heterocycles. The van der Waals surface area contributed by atoms with Gasteiger partial charge < -0.3 is 10.5 Å². The van der Waals surface area contributed by atoms with E-state index in [4.69, 9.17) is 10.5 Å². The summed E-state index contributed by atoms with van der Waals surface area (Å²) >= 11 is 0. The van der Waals surface area contributed by atoms with Crippen LogP contribution in [0.5, 0.6) is 5.75 Å². The molecular weight excluding hydrogens is 236 g/mol. The average molecular weight is 255 g/mol. The maximum atomic E-state index is 13.1. The summed E-state index contributed by atoms with van der Waals surface area (Å²) in [4.78, 5) is 0. The van der Waals surface area contributed by atoms with E-state index in [-0.39, 0.29) is 24.8 Å². The van der Waals surface area contributed by atoms with E-state index in [1.807, 2.05) is 24.3 Å². The smallest absolute Gasteiger partial charge is 0.248 e. The summed E-state index contributed by atoms with van der Waals surface area (Å²) in [6.45, 7) is 0. The molecule has 0 aliphatic heterocycles. The molecule has 18 heavy (non-hydrogen) atoms. The molecule has 0 spiro atoms. The predicted octanol–water partition coefficient (Wildman–Crippen LogP) is 3.52. The zero-order chi connectivity index (χ0) is 13.2. The Balaban J connectivity index is 2.02. The number of benzene rings is 1. The van der Waals surface area contributed by atoms with E-state index in [2.05, 4.69) is 0 Å². The Morgan fingerprint density at radius 3 is 2.78 bits per heavy atom. The van der Waals surface area contributed by atoms with Crippen LogP contribution in [0.15, 0.2) is 24.3 Å². The van der Waals surface area contributed by atoms with E-state index >= 15 is 0 Å². The molecule has 1 aromatic carbocycles. The van der Waals surface area contributed by atoms with Gasteiger partial charge in [0, 0.05) is 24.4 Å². The van der Waals surface area contributed by atoms with Crippen LogP contribution in [0.2, 0.25) is 0 Å². The second kappa shape index (κ2) is 5.22. The highest BCUT2D eigenvalue weighted by atomic mass is 19.3. The van der Waals surface area contributed by atoms with Gasteiger partial charge in [0.05, 0.1) is 7.11 Å². The Morgan fingerprint density at radius 2 is 2.17 bits per heavy atom. The zero-order valence-corrected chi connectivity index (χ0v) is 10.5. The first-order valence-electron chi connectivity index (χ1n) is 6.28. The first kappa shape index (κ1) is 13.3. The predicted molar refractivity (Wildman–Crippen MR) is 66.8 cm³/mol. The second-order valence-electron chi connectivity index (χ2n) is 5.05. The molecule has 4 heteroatoms. The fourth-order valence-corrected chi connectivity index (χ4v) is 2.70. The zero-order valence-electron chi connectivity index (χ0n) is 10.5. The molecule has 2 N–H and O–H groups in total. The quantitative estimate of drug-likeness (QED) is 0.893. The highest BCUT2D eigenvalue weighted by Gasteiger charge is 2.39. The van der Waals surface area contributed by atoms with Crippen molar-refractivity contribution in [3.05, 3.63) is 29.8 Å². The van der Waals surface area contributed by atoms with Gasteiger partial charge >= 0.3 is 0 Å². The normalized spacial score (nSPS) is 23.9. The van der Waals surface area contributed by atoms with Gasteiger partial charge in [-0.3, -0.25) is 0 Å². The van der Waals surface area contributed by atoms with Crippen LogP contribution in [0.25, 0.3) is 0 Å². The van der Waals surface area contributed by atoms with Crippen molar-refractivity contribution in [1.82, 2.24) is 0 Å². The number of halogens is 2. The largest absolute Gasteiger partial charge is 0.496 e. The van der Waals surface area contributed by atoms with Gasteiger partial charge in [0.15, 0.2) is 0 Å². The minimum Gasteiger partial charge on any atom is -0.496 e. The third kappa shape index (κ3) is 2.99. The lowest BCUT2D eigenvalue weighted by molar-refractivity contribution is 0.00446. The molecule has 1 aliphatic carbocycles. The van der Waals surface area contributed by atoms with Crippen molar-refractivity contribution in [2.24, 2.45) is 11.7 Å². The molecule has 1 fully saturated rings. The summed E-state index contributed by atoms with van der Waals surface area (Å²) in [6.07, 6.45) is 1.12. The molecule has 0 amide bonds. The van der Waals surface area contributed by atoms with Gasteiger partial charge in [-0.25, -0.2) is 8.78 Å². The Kier molecular flexibility index (Phi) is 3.85. The number of para-hydroxylation sites is 1. The molecule has 100 valence electrons. The van der Waals surface area contributed by atoms with Gasteiger partial charge in [-0.2, -0.15) is 0 Å². The summed E-state index contributed by atoms with van der Waals surface area (Å²) in [5.41, 5.74) is 7.01. The van der Waals surface area contributed by atoms with Gasteiger partial charge in [-0.05, 0) is 24.8 Å². The molecule has 0 bridgehead atoms. The Labute approximate surface area is 106 Å². The summed E-state index contributed by atoms with van der Waals surface area (Å²) < 4.78 is 31.5. The number of nitrogens with two attached hydrogens (primary N) is 1. The van der Waals surface area contributed by atoms with Gasteiger partial charge in [-0.15, -0.1) is 0 Å². The monoisotopic (exact) mass is 255 g/mol. The fourth-order valence-electron chi connectivity index (χ4n) is 2.70. The topological polar surface area (TPSA) is 35.2 Å². The van der Waals surface area contributed by atoms with E-state index in [0.29, 0.717) is 12.8 Å². The standard InChI is InChI=1S/C14H19F2NO/c1-18-13-5-3-2-4-11(13)12(17)8-10-6-7-14(15,16)9-10/h2-5,10,12H,6-9,17H2,1H3. The van der Waals surface area contributed by atoms with E-state index in [1.165, 1.54) is 0 Å². The van der Waals surface area contributed by atoms with Crippen molar-refractivity contribution in [2.45, 2.75) is 37.6 Å². The maximum absolute atomic E-state index is 13.1. The van der Waals surface area contributed by atoms with Crippen molar-refractivity contribution in [3.63, 3.8) is 0 Å². The van der Waals surface area contributed by atoms with Crippen LogP contribution in [-0.2, 0) is 0 Å². The van der Waals surface area contributed by atoms with Crippen molar-refractivity contribution >= 4 is 0 Å². The summed E-state index contributed by atoms with van der Waals surface area (Å²) in [6, 6.07) is 7.27. The van der Waals surface area contributed by atoms with Crippen LogP contribution < -0.4 is 10.5 Å². The molecule has 2 rings (SSSR count). The summed E-state index contributed by atoms with van der Waals surface area (Å²) in [5.74, 6) is -1.75. The highest BCUT2D eigenvalue weighted by Crippen LogP contribution is 2.42. The van der Waals surface area contributed by atoms with Crippen molar-refractivity contribution < 1.29 is 13.5 Å². The van der Waals surface area contributed by atoms with Crippen LogP contribution in [0.1, 0.15) is 37.3 Å². The lowest BCUT2D eigenvalue weighted by Crippen LogP contribution is -2.16. The number of hydrogen-bond acceptors (Lipinski definition) is 2. The molecule has 1 aliphatic rings.